The van der Waals surface area contributed by atoms with Crippen molar-refractivity contribution in [1.82, 2.24) is 5.32 Å². The summed E-state index contributed by atoms with van der Waals surface area (Å²) in [6.07, 6.45) is 14.6. The Morgan fingerprint density at radius 3 is 2.46 bits per heavy atom. The Labute approximate surface area is 82.3 Å². The normalized spacial score (nSPS) is 19.3. The first-order valence-corrected chi connectivity index (χ1v) is 5.57. The number of hydrogen-bond acceptors (Lipinski definition) is 1. The van der Waals surface area contributed by atoms with Crippen molar-refractivity contribution in [3.05, 3.63) is 0 Å². The van der Waals surface area contributed by atoms with E-state index in [0.29, 0.717) is 0 Å². The minimum atomic E-state index is 0.868. The van der Waals surface area contributed by atoms with Crippen LogP contribution in [0.1, 0.15) is 44.9 Å². The van der Waals surface area contributed by atoms with Crippen LogP contribution in [-0.2, 0) is 0 Å². The maximum atomic E-state index is 5.18. The molecule has 1 aliphatic rings. The summed E-state index contributed by atoms with van der Waals surface area (Å²) in [6.45, 7) is 2.18. The van der Waals surface area contributed by atoms with Gasteiger partial charge in [-0.15, -0.1) is 12.3 Å². The van der Waals surface area contributed by atoms with Crippen LogP contribution in [-0.4, -0.2) is 13.1 Å². The van der Waals surface area contributed by atoms with Gasteiger partial charge < -0.3 is 5.32 Å². The second-order valence-electron chi connectivity index (χ2n) is 4.02. The Balaban J connectivity index is 2.02. The van der Waals surface area contributed by atoms with Crippen molar-refractivity contribution in [1.29, 1.82) is 0 Å². The Bertz CT molecular complexity index is 149. The van der Waals surface area contributed by atoms with Gasteiger partial charge in [0, 0.05) is 13.0 Å². The van der Waals surface area contributed by atoms with Crippen LogP contribution in [0.2, 0.25) is 0 Å². The van der Waals surface area contributed by atoms with Crippen molar-refractivity contribution in [2.45, 2.75) is 44.9 Å². The van der Waals surface area contributed by atoms with Gasteiger partial charge in [-0.1, -0.05) is 25.7 Å². The summed E-state index contributed by atoms with van der Waals surface area (Å²) >= 11 is 0. The van der Waals surface area contributed by atoms with E-state index in [4.69, 9.17) is 6.42 Å². The van der Waals surface area contributed by atoms with Crippen LogP contribution in [0.5, 0.6) is 0 Å². The highest BCUT2D eigenvalue weighted by atomic mass is 14.8. The van der Waals surface area contributed by atoms with E-state index in [-0.39, 0.29) is 0 Å². The fraction of sp³-hybridized carbons (Fsp3) is 0.833. The van der Waals surface area contributed by atoms with Crippen LogP contribution in [0.4, 0.5) is 0 Å². The molecule has 0 amide bonds. The van der Waals surface area contributed by atoms with Gasteiger partial charge in [-0.25, -0.2) is 0 Å². The van der Waals surface area contributed by atoms with E-state index in [9.17, 15) is 0 Å². The molecule has 1 N–H and O–H groups in total. The topological polar surface area (TPSA) is 12.0 Å². The summed E-state index contributed by atoms with van der Waals surface area (Å²) in [4.78, 5) is 0. The maximum Gasteiger partial charge on any atom is 0.0211 e. The molecular weight excluding hydrogens is 158 g/mol. The molecule has 0 heterocycles. The van der Waals surface area contributed by atoms with E-state index < -0.39 is 0 Å². The van der Waals surface area contributed by atoms with E-state index in [0.717, 1.165) is 18.9 Å². The highest BCUT2D eigenvalue weighted by Gasteiger charge is 2.10. The lowest BCUT2D eigenvalue weighted by Gasteiger charge is -2.13. The van der Waals surface area contributed by atoms with Crippen LogP contribution < -0.4 is 5.32 Å². The molecule has 0 saturated heterocycles. The molecule has 1 fully saturated rings. The molecule has 0 spiro atoms. The van der Waals surface area contributed by atoms with Gasteiger partial charge in [-0.05, 0) is 25.3 Å². The predicted molar refractivity (Wildman–Crippen MR) is 57.5 cm³/mol. The first kappa shape index (κ1) is 10.6. The van der Waals surface area contributed by atoms with E-state index >= 15 is 0 Å². The molecule has 0 aliphatic heterocycles. The quantitative estimate of drug-likeness (QED) is 0.397. The van der Waals surface area contributed by atoms with Gasteiger partial charge in [0.05, 0.1) is 0 Å². The summed E-state index contributed by atoms with van der Waals surface area (Å²) in [5, 5.41) is 3.44. The largest absolute Gasteiger partial charge is 0.316 e. The van der Waals surface area contributed by atoms with E-state index in [1.807, 2.05) is 0 Å². The van der Waals surface area contributed by atoms with Crippen LogP contribution in [0.25, 0.3) is 0 Å². The average molecular weight is 179 g/mol. The average Bonchev–Trinajstić information content (AvgIpc) is 2.41. The van der Waals surface area contributed by atoms with Gasteiger partial charge in [0.1, 0.15) is 0 Å². The number of nitrogens with one attached hydrogen (secondary N) is 1. The van der Waals surface area contributed by atoms with Crippen LogP contribution in [0.15, 0.2) is 0 Å². The third-order valence-corrected chi connectivity index (χ3v) is 2.85. The van der Waals surface area contributed by atoms with Gasteiger partial charge in [0.25, 0.3) is 0 Å². The second-order valence-corrected chi connectivity index (χ2v) is 4.02. The van der Waals surface area contributed by atoms with Gasteiger partial charge >= 0.3 is 0 Å². The molecule has 1 saturated carbocycles. The molecule has 0 unspecified atom stereocenters. The molecule has 0 aromatic heterocycles. The molecule has 13 heavy (non-hydrogen) atoms. The van der Waals surface area contributed by atoms with E-state index in [1.54, 1.807) is 0 Å². The third-order valence-electron chi connectivity index (χ3n) is 2.85. The van der Waals surface area contributed by atoms with Gasteiger partial charge in [-0.2, -0.15) is 0 Å². The fourth-order valence-electron chi connectivity index (χ4n) is 2.03. The Morgan fingerprint density at radius 2 is 1.85 bits per heavy atom. The first-order chi connectivity index (χ1) is 6.43. The summed E-state index contributed by atoms with van der Waals surface area (Å²) in [5.74, 6) is 3.57. The molecule has 0 aromatic rings. The predicted octanol–water partition coefficient (Wildman–Crippen LogP) is 2.57. The lowest BCUT2D eigenvalue weighted by Crippen LogP contribution is -2.23. The Hall–Kier alpha value is -0.480. The zero-order valence-corrected chi connectivity index (χ0v) is 8.52. The van der Waals surface area contributed by atoms with Crippen LogP contribution in [0.3, 0.4) is 0 Å². The van der Waals surface area contributed by atoms with E-state index in [2.05, 4.69) is 11.2 Å². The third kappa shape index (κ3) is 4.95. The monoisotopic (exact) mass is 179 g/mol. The molecule has 1 rings (SSSR count). The van der Waals surface area contributed by atoms with Crippen molar-refractivity contribution in [2.75, 3.05) is 13.1 Å². The van der Waals surface area contributed by atoms with Crippen molar-refractivity contribution >= 4 is 0 Å². The number of terminal acetylenes is 1. The standard InChI is InChI=1S/C12H21N/c1-2-3-10-13-11-12-8-6-4-5-7-9-12/h1,12-13H,3-11H2. The lowest BCUT2D eigenvalue weighted by molar-refractivity contribution is 0.428. The SMILES string of the molecule is C#CCCNCC1CCCCCC1. The summed E-state index contributed by atoms with van der Waals surface area (Å²) in [6, 6.07) is 0. The van der Waals surface area contributed by atoms with Gasteiger partial charge in [0.15, 0.2) is 0 Å². The van der Waals surface area contributed by atoms with Crippen molar-refractivity contribution in [3.8, 4) is 12.3 Å². The Kier molecular flexibility index (Phi) is 5.69. The molecule has 1 nitrogen and oxygen atoms in total. The van der Waals surface area contributed by atoms with Crippen LogP contribution >= 0.6 is 0 Å². The maximum absolute atomic E-state index is 5.18. The molecule has 1 heteroatoms. The number of hydrogen-bond donors (Lipinski definition) is 1. The van der Waals surface area contributed by atoms with Gasteiger partial charge in [-0.3, -0.25) is 0 Å². The Morgan fingerprint density at radius 1 is 1.15 bits per heavy atom. The zero-order chi connectivity index (χ0) is 9.36. The number of rotatable bonds is 4. The summed E-state index contributed by atoms with van der Waals surface area (Å²) in [5.41, 5.74) is 0. The molecule has 74 valence electrons. The lowest BCUT2D eigenvalue weighted by atomic mass is 10.0. The minimum absolute atomic E-state index is 0.868. The molecular formula is C12H21N. The zero-order valence-electron chi connectivity index (χ0n) is 8.52. The summed E-state index contributed by atoms with van der Waals surface area (Å²) < 4.78 is 0. The van der Waals surface area contributed by atoms with Crippen molar-refractivity contribution < 1.29 is 0 Å². The molecule has 1 aliphatic carbocycles. The van der Waals surface area contributed by atoms with Crippen molar-refractivity contribution in [3.63, 3.8) is 0 Å². The van der Waals surface area contributed by atoms with Crippen molar-refractivity contribution in [2.24, 2.45) is 5.92 Å². The first-order valence-electron chi connectivity index (χ1n) is 5.57. The highest BCUT2D eigenvalue weighted by Crippen LogP contribution is 2.21. The van der Waals surface area contributed by atoms with Crippen LogP contribution in [0, 0.1) is 18.3 Å². The molecule has 0 bridgehead atoms. The van der Waals surface area contributed by atoms with Gasteiger partial charge in [0.2, 0.25) is 0 Å². The minimum Gasteiger partial charge on any atom is -0.316 e. The fourth-order valence-corrected chi connectivity index (χ4v) is 2.03. The smallest absolute Gasteiger partial charge is 0.0211 e. The second kappa shape index (κ2) is 6.97. The summed E-state index contributed by atoms with van der Waals surface area (Å²) in [7, 11) is 0. The van der Waals surface area contributed by atoms with E-state index in [1.165, 1.54) is 45.1 Å². The molecule has 0 radical (unpaired) electrons. The highest BCUT2D eigenvalue weighted by molar-refractivity contribution is 4.84. The molecule has 0 atom stereocenters. The molecule has 0 aromatic carbocycles.